The zero-order valence-corrected chi connectivity index (χ0v) is 12.2. The van der Waals surface area contributed by atoms with Crippen LogP contribution in [0.4, 0.5) is 5.69 Å². The molecule has 114 valence electrons. The van der Waals surface area contributed by atoms with Crippen molar-refractivity contribution in [3.05, 3.63) is 29.3 Å². The van der Waals surface area contributed by atoms with Crippen molar-refractivity contribution in [3.8, 4) is 0 Å². The van der Waals surface area contributed by atoms with Gasteiger partial charge >= 0.3 is 5.97 Å². The van der Waals surface area contributed by atoms with E-state index in [4.69, 9.17) is 9.84 Å². The maximum absolute atomic E-state index is 12.4. The second-order valence-corrected chi connectivity index (χ2v) is 5.13. The Hall–Kier alpha value is -1.92. The lowest BCUT2D eigenvalue weighted by Crippen LogP contribution is -2.41. The Morgan fingerprint density at radius 1 is 1.38 bits per heavy atom. The second-order valence-electron chi connectivity index (χ2n) is 5.13. The number of benzene rings is 1. The summed E-state index contributed by atoms with van der Waals surface area (Å²) in [5.41, 5.74) is 1.51. The monoisotopic (exact) mass is 292 g/mol. The maximum Gasteiger partial charge on any atom is 0.335 e. The molecule has 1 saturated heterocycles. The van der Waals surface area contributed by atoms with Gasteiger partial charge in [0.25, 0.3) is 0 Å². The summed E-state index contributed by atoms with van der Waals surface area (Å²) in [5.74, 6) is -1.43. The molecule has 0 bridgehead atoms. The van der Waals surface area contributed by atoms with Crippen LogP contribution in [0.5, 0.6) is 0 Å². The van der Waals surface area contributed by atoms with Crippen LogP contribution in [0.15, 0.2) is 18.2 Å². The minimum absolute atomic E-state index is 0.00189. The smallest absolute Gasteiger partial charge is 0.335 e. The molecular formula is C15H20N2O4. The Morgan fingerprint density at radius 2 is 2.14 bits per heavy atom. The molecule has 1 heterocycles. The highest BCUT2D eigenvalue weighted by atomic mass is 16.5. The molecule has 6 nitrogen and oxygen atoms in total. The van der Waals surface area contributed by atoms with Gasteiger partial charge in [0.05, 0.1) is 24.7 Å². The van der Waals surface area contributed by atoms with Crippen LogP contribution >= 0.6 is 0 Å². The molecule has 2 atom stereocenters. The van der Waals surface area contributed by atoms with Crippen molar-refractivity contribution in [2.45, 2.75) is 19.9 Å². The molecule has 1 aliphatic rings. The van der Waals surface area contributed by atoms with E-state index in [0.29, 0.717) is 18.9 Å². The fraction of sp³-hybridized carbons (Fsp3) is 0.467. The summed E-state index contributed by atoms with van der Waals surface area (Å²) in [7, 11) is 0. The first kappa shape index (κ1) is 15.5. The van der Waals surface area contributed by atoms with E-state index in [2.05, 4.69) is 10.6 Å². The summed E-state index contributed by atoms with van der Waals surface area (Å²) >= 11 is 0. The summed E-state index contributed by atoms with van der Waals surface area (Å²) in [5, 5.41) is 15.1. The van der Waals surface area contributed by atoms with Crippen molar-refractivity contribution in [2.75, 3.05) is 25.1 Å². The first-order valence-corrected chi connectivity index (χ1v) is 6.99. The number of aryl methyl sites for hydroxylation is 1. The first-order chi connectivity index (χ1) is 10.0. The molecule has 3 N–H and O–H groups in total. The zero-order valence-electron chi connectivity index (χ0n) is 12.2. The van der Waals surface area contributed by atoms with E-state index >= 15 is 0 Å². The Labute approximate surface area is 123 Å². The van der Waals surface area contributed by atoms with E-state index in [0.717, 1.165) is 12.1 Å². The van der Waals surface area contributed by atoms with Crippen molar-refractivity contribution in [1.29, 1.82) is 0 Å². The first-order valence-electron chi connectivity index (χ1n) is 6.99. The fourth-order valence-electron chi connectivity index (χ4n) is 2.39. The van der Waals surface area contributed by atoms with Crippen molar-refractivity contribution in [3.63, 3.8) is 0 Å². The SMILES string of the molecule is CCNC1COCC1C(=O)Nc1cc(C(=O)O)ccc1C. The number of carbonyl (C=O) groups is 2. The Balaban J connectivity index is 2.12. The van der Waals surface area contributed by atoms with Crippen LogP contribution in [0, 0.1) is 12.8 Å². The van der Waals surface area contributed by atoms with Crippen molar-refractivity contribution in [1.82, 2.24) is 5.32 Å². The van der Waals surface area contributed by atoms with Gasteiger partial charge in [-0.3, -0.25) is 4.79 Å². The molecule has 0 radical (unpaired) electrons. The molecule has 1 aromatic carbocycles. The number of hydrogen-bond acceptors (Lipinski definition) is 4. The Kier molecular flexibility index (Phi) is 4.93. The van der Waals surface area contributed by atoms with Crippen LogP contribution in [0.1, 0.15) is 22.8 Å². The number of likely N-dealkylation sites (N-methyl/N-ethyl adjacent to an activating group) is 1. The number of ether oxygens (including phenoxy) is 1. The molecule has 1 amide bonds. The van der Waals surface area contributed by atoms with E-state index in [9.17, 15) is 9.59 Å². The molecule has 2 unspecified atom stereocenters. The molecule has 2 rings (SSSR count). The third-order valence-electron chi connectivity index (χ3n) is 3.63. The molecule has 0 spiro atoms. The van der Waals surface area contributed by atoms with Gasteiger partial charge in [-0.25, -0.2) is 4.79 Å². The van der Waals surface area contributed by atoms with Gasteiger partial charge in [-0.1, -0.05) is 13.0 Å². The molecular weight excluding hydrogens is 272 g/mol. The Morgan fingerprint density at radius 3 is 2.81 bits per heavy atom. The van der Waals surface area contributed by atoms with Gasteiger partial charge in [-0.15, -0.1) is 0 Å². The number of amides is 1. The van der Waals surface area contributed by atoms with Crippen LogP contribution in [-0.2, 0) is 9.53 Å². The van der Waals surface area contributed by atoms with Gasteiger partial charge in [0.1, 0.15) is 0 Å². The zero-order chi connectivity index (χ0) is 15.4. The lowest BCUT2D eigenvalue weighted by Gasteiger charge is -2.18. The molecule has 6 heteroatoms. The normalized spacial score (nSPS) is 21.2. The van der Waals surface area contributed by atoms with E-state index in [1.807, 2.05) is 13.8 Å². The van der Waals surface area contributed by atoms with Gasteiger partial charge in [0.15, 0.2) is 0 Å². The topological polar surface area (TPSA) is 87.7 Å². The van der Waals surface area contributed by atoms with E-state index in [1.54, 1.807) is 6.07 Å². The van der Waals surface area contributed by atoms with Gasteiger partial charge < -0.3 is 20.5 Å². The summed E-state index contributed by atoms with van der Waals surface area (Å²) in [6, 6.07) is 4.69. The number of rotatable bonds is 5. The number of anilines is 1. The van der Waals surface area contributed by atoms with E-state index in [1.165, 1.54) is 12.1 Å². The summed E-state index contributed by atoms with van der Waals surface area (Å²) in [6.07, 6.45) is 0. The molecule has 1 aliphatic heterocycles. The lowest BCUT2D eigenvalue weighted by molar-refractivity contribution is -0.120. The third-order valence-corrected chi connectivity index (χ3v) is 3.63. The molecule has 0 saturated carbocycles. The third kappa shape index (κ3) is 3.59. The molecule has 21 heavy (non-hydrogen) atoms. The number of nitrogens with one attached hydrogen (secondary N) is 2. The minimum atomic E-state index is -1.01. The summed E-state index contributed by atoms with van der Waals surface area (Å²) < 4.78 is 5.36. The number of carbonyl (C=O) groups excluding carboxylic acids is 1. The fourth-order valence-corrected chi connectivity index (χ4v) is 2.39. The lowest BCUT2D eigenvalue weighted by atomic mass is 10.0. The largest absolute Gasteiger partial charge is 0.478 e. The average molecular weight is 292 g/mol. The summed E-state index contributed by atoms with van der Waals surface area (Å²) in [4.78, 5) is 23.4. The standard InChI is InChI=1S/C15H20N2O4/c1-3-16-13-8-21-7-11(13)14(18)17-12-6-10(15(19)20)5-4-9(12)2/h4-6,11,13,16H,3,7-8H2,1-2H3,(H,17,18)(H,19,20). The highest BCUT2D eigenvalue weighted by Gasteiger charge is 2.33. The van der Waals surface area contributed by atoms with E-state index in [-0.39, 0.29) is 23.4 Å². The van der Waals surface area contributed by atoms with Gasteiger partial charge in [0.2, 0.25) is 5.91 Å². The van der Waals surface area contributed by atoms with E-state index < -0.39 is 5.97 Å². The van der Waals surface area contributed by atoms with Crippen molar-refractivity contribution in [2.24, 2.45) is 5.92 Å². The molecule has 1 aromatic rings. The number of carboxylic acid groups (broad SMARTS) is 1. The number of hydrogen-bond donors (Lipinski definition) is 3. The number of aromatic carboxylic acids is 1. The van der Waals surface area contributed by atoms with Crippen LogP contribution in [-0.4, -0.2) is 42.8 Å². The Bertz CT molecular complexity index is 544. The molecule has 0 aliphatic carbocycles. The highest BCUT2D eigenvalue weighted by molar-refractivity contribution is 5.96. The summed E-state index contributed by atoms with van der Waals surface area (Å²) in [6.45, 7) is 5.47. The van der Waals surface area contributed by atoms with Crippen molar-refractivity contribution < 1.29 is 19.4 Å². The van der Waals surface area contributed by atoms with Crippen LogP contribution < -0.4 is 10.6 Å². The van der Waals surface area contributed by atoms with Gasteiger partial charge in [-0.05, 0) is 31.2 Å². The van der Waals surface area contributed by atoms with Crippen LogP contribution in [0.25, 0.3) is 0 Å². The van der Waals surface area contributed by atoms with Crippen LogP contribution in [0.3, 0.4) is 0 Å². The second kappa shape index (κ2) is 6.69. The molecule has 0 aromatic heterocycles. The number of carboxylic acids is 1. The minimum Gasteiger partial charge on any atom is -0.478 e. The van der Waals surface area contributed by atoms with Crippen LogP contribution in [0.2, 0.25) is 0 Å². The predicted octanol–water partition coefficient (Wildman–Crippen LogP) is 1.26. The van der Waals surface area contributed by atoms with Gasteiger partial charge in [-0.2, -0.15) is 0 Å². The highest BCUT2D eigenvalue weighted by Crippen LogP contribution is 2.20. The van der Waals surface area contributed by atoms with Crippen molar-refractivity contribution >= 4 is 17.6 Å². The maximum atomic E-state index is 12.4. The quantitative estimate of drug-likeness (QED) is 0.760. The predicted molar refractivity (Wildman–Crippen MR) is 78.5 cm³/mol. The van der Waals surface area contributed by atoms with Gasteiger partial charge in [0, 0.05) is 11.7 Å². The molecule has 1 fully saturated rings. The average Bonchev–Trinajstić information content (AvgIpc) is 2.89.